The molecule has 7 heteroatoms. The molecule has 4 rings (SSSR count). The number of esters is 1. The highest BCUT2D eigenvalue weighted by molar-refractivity contribution is 8.00. The molecular formula is C22H21N3O3S. The third-order valence-electron chi connectivity index (χ3n) is 4.69. The summed E-state index contributed by atoms with van der Waals surface area (Å²) in [6.45, 7) is 4.05. The van der Waals surface area contributed by atoms with Gasteiger partial charge in [0.2, 0.25) is 5.91 Å². The molecule has 6 nitrogen and oxygen atoms in total. The molecule has 2 heterocycles. The third-order valence-corrected chi connectivity index (χ3v) is 5.73. The van der Waals surface area contributed by atoms with Gasteiger partial charge in [0.15, 0.2) is 0 Å². The number of nitrogens with zero attached hydrogens (tertiary/aromatic N) is 3. The second-order valence-corrected chi connectivity index (χ2v) is 7.92. The number of aryl methyl sites for hydroxylation is 2. The summed E-state index contributed by atoms with van der Waals surface area (Å²) in [5, 5.41) is 4.47. The highest BCUT2D eigenvalue weighted by atomic mass is 32.2. The van der Waals surface area contributed by atoms with Crippen LogP contribution in [0.4, 0.5) is 5.69 Å². The van der Waals surface area contributed by atoms with Crippen molar-refractivity contribution < 1.29 is 14.3 Å². The van der Waals surface area contributed by atoms with Crippen molar-refractivity contribution >= 4 is 29.3 Å². The monoisotopic (exact) mass is 407 g/mol. The second kappa shape index (κ2) is 8.13. The molecule has 0 bridgehead atoms. The molecule has 3 aromatic rings. The number of ether oxygens (including phenoxy) is 1. The number of carbonyl (C=O) groups excluding carboxylic acids is 2. The Hall–Kier alpha value is -3.06. The summed E-state index contributed by atoms with van der Waals surface area (Å²) in [5.41, 5.74) is 4.63. The van der Waals surface area contributed by atoms with Crippen LogP contribution in [-0.2, 0) is 20.9 Å². The van der Waals surface area contributed by atoms with E-state index in [1.54, 1.807) is 0 Å². The fraction of sp³-hybridized carbons (Fsp3) is 0.227. The van der Waals surface area contributed by atoms with E-state index in [1.807, 2.05) is 73.1 Å². The van der Waals surface area contributed by atoms with Gasteiger partial charge in [0.05, 0.1) is 22.8 Å². The average molecular weight is 407 g/mol. The number of thioether (sulfide) groups is 1. The Morgan fingerprint density at radius 2 is 1.90 bits per heavy atom. The van der Waals surface area contributed by atoms with Crippen LogP contribution in [-0.4, -0.2) is 34.0 Å². The first kappa shape index (κ1) is 19.3. The molecule has 1 amide bonds. The van der Waals surface area contributed by atoms with Gasteiger partial charge >= 0.3 is 5.97 Å². The van der Waals surface area contributed by atoms with Crippen molar-refractivity contribution in [3.8, 4) is 5.69 Å². The number of anilines is 1. The lowest BCUT2D eigenvalue weighted by Gasteiger charge is -2.27. The summed E-state index contributed by atoms with van der Waals surface area (Å²) in [7, 11) is 0. The zero-order chi connectivity index (χ0) is 20.4. The second-order valence-electron chi connectivity index (χ2n) is 6.90. The molecule has 148 valence electrons. The standard InChI is InChI=1S/C22H21N3O3S/c1-15-11-16(2)25(23-15)18-9-7-17(8-10-18)13-28-22(27)12-24-19-5-3-4-6-20(19)29-14-21(24)26/h3-11H,12-14H2,1-2H3. The van der Waals surface area contributed by atoms with E-state index in [0.29, 0.717) is 5.75 Å². The van der Waals surface area contributed by atoms with Gasteiger partial charge in [0, 0.05) is 10.6 Å². The fourth-order valence-electron chi connectivity index (χ4n) is 3.29. The molecule has 0 unspecified atom stereocenters. The Balaban J connectivity index is 1.38. The van der Waals surface area contributed by atoms with Crippen molar-refractivity contribution in [2.75, 3.05) is 17.2 Å². The van der Waals surface area contributed by atoms with E-state index < -0.39 is 5.97 Å². The van der Waals surface area contributed by atoms with E-state index in [4.69, 9.17) is 4.74 Å². The minimum absolute atomic E-state index is 0.0831. The van der Waals surface area contributed by atoms with Gasteiger partial charge in [-0.15, -0.1) is 11.8 Å². The zero-order valence-electron chi connectivity index (χ0n) is 16.3. The van der Waals surface area contributed by atoms with Gasteiger partial charge < -0.3 is 4.74 Å². The van der Waals surface area contributed by atoms with Gasteiger partial charge in [0.25, 0.3) is 0 Å². The van der Waals surface area contributed by atoms with Gasteiger partial charge in [-0.25, -0.2) is 4.68 Å². The predicted octanol–water partition coefficient (Wildman–Crippen LogP) is 3.67. The number of aromatic nitrogens is 2. The van der Waals surface area contributed by atoms with E-state index >= 15 is 0 Å². The van der Waals surface area contributed by atoms with Gasteiger partial charge in [-0.2, -0.15) is 5.10 Å². The molecule has 2 aromatic carbocycles. The highest BCUT2D eigenvalue weighted by Crippen LogP contribution is 2.34. The summed E-state index contributed by atoms with van der Waals surface area (Å²) in [6.07, 6.45) is 0. The van der Waals surface area contributed by atoms with Crippen molar-refractivity contribution in [1.29, 1.82) is 0 Å². The minimum Gasteiger partial charge on any atom is -0.459 e. The van der Waals surface area contributed by atoms with Crippen LogP contribution in [0.25, 0.3) is 5.69 Å². The smallest absolute Gasteiger partial charge is 0.326 e. The van der Waals surface area contributed by atoms with Crippen LogP contribution in [0.1, 0.15) is 17.0 Å². The third kappa shape index (κ3) is 4.19. The maximum Gasteiger partial charge on any atom is 0.326 e. The minimum atomic E-state index is -0.428. The number of amides is 1. The first-order valence-electron chi connectivity index (χ1n) is 9.31. The van der Waals surface area contributed by atoms with Crippen LogP contribution in [0.2, 0.25) is 0 Å². The number of fused-ring (bicyclic) bond motifs is 1. The lowest BCUT2D eigenvalue weighted by molar-refractivity contribution is -0.144. The Morgan fingerprint density at radius 3 is 2.62 bits per heavy atom. The molecule has 0 aliphatic carbocycles. The quantitative estimate of drug-likeness (QED) is 0.604. The van der Waals surface area contributed by atoms with Gasteiger partial charge in [-0.1, -0.05) is 24.3 Å². The number of hydrogen-bond acceptors (Lipinski definition) is 5. The van der Waals surface area contributed by atoms with Gasteiger partial charge in [0.1, 0.15) is 13.2 Å². The molecular weight excluding hydrogens is 386 g/mol. The molecule has 0 fully saturated rings. The number of para-hydroxylation sites is 1. The zero-order valence-corrected chi connectivity index (χ0v) is 17.1. The van der Waals surface area contributed by atoms with Crippen molar-refractivity contribution in [3.63, 3.8) is 0 Å². The Morgan fingerprint density at radius 1 is 1.14 bits per heavy atom. The molecule has 1 aromatic heterocycles. The molecule has 29 heavy (non-hydrogen) atoms. The van der Waals surface area contributed by atoms with Crippen molar-refractivity contribution in [3.05, 3.63) is 71.5 Å². The Bertz CT molecular complexity index is 1060. The van der Waals surface area contributed by atoms with Crippen LogP contribution in [0.15, 0.2) is 59.5 Å². The highest BCUT2D eigenvalue weighted by Gasteiger charge is 2.26. The summed E-state index contributed by atoms with van der Waals surface area (Å²) in [4.78, 5) is 27.1. The molecule has 0 saturated carbocycles. The van der Waals surface area contributed by atoms with Crippen LogP contribution in [0.3, 0.4) is 0 Å². The number of hydrogen-bond donors (Lipinski definition) is 0. The van der Waals surface area contributed by atoms with Crippen molar-refractivity contribution in [1.82, 2.24) is 9.78 Å². The predicted molar refractivity (Wildman–Crippen MR) is 112 cm³/mol. The molecule has 0 atom stereocenters. The SMILES string of the molecule is Cc1cc(C)n(-c2ccc(COC(=O)CN3C(=O)CSc4ccccc43)cc2)n1. The van der Waals surface area contributed by atoms with E-state index in [0.717, 1.165) is 33.2 Å². The van der Waals surface area contributed by atoms with Crippen molar-refractivity contribution in [2.24, 2.45) is 0 Å². The van der Waals surface area contributed by atoms with Gasteiger partial charge in [-0.05, 0) is 49.7 Å². The number of carbonyl (C=O) groups is 2. The Kier molecular flexibility index (Phi) is 5.40. The molecule has 1 aliphatic rings. The summed E-state index contributed by atoms with van der Waals surface area (Å²) >= 11 is 1.49. The average Bonchev–Trinajstić information content (AvgIpc) is 3.07. The summed E-state index contributed by atoms with van der Waals surface area (Å²) in [5.74, 6) is -0.180. The van der Waals surface area contributed by atoms with Crippen LogP contribution in [0.5, 0.6) is 0 Å². The topological polar surface area (TPSA) is 64.4 Å². The number of rotatable bonds is 5. The van der Waals surface area contributed by atoms with E-state index in [-0.39, 0.29) is 19.1 Å². The maximum atomic E-state index is 12.3. The molecule has 0 N–H and O–H groups in total. The van der Waals surface area contributed by atoms with E-state index in [2.05, 4.69) is 5.10 Å². The first-order chi connectivity index (χ1) is 14.0. The van der Waals surface area contributed by atoms with E-state index in [1.165, 1.54) is 16.7 Å². The van der Waals surface area contributed by atoms with E-state index in [9.17, 15) is 9.59 Å². The molecule has 0 radical (unpaired) electrons. The normalized spacial score (nSPS) is 13.3. The Labute approximate surface area is 173 Å². The summed E-state index contributed by atoms with van der Waals surface area (Å²) < 4.78 is 7.28. The maximum absolute atomic E-state index is 12.3. The number of benzene rings is 2. The molecule has 0 spiro atoms. The fourth-order valence-corrected chi connectivity index (χ4v) is 4.23. The summed E-state index contributed by atoms with van der Waals surface area (Å²) in [6, 6.07) is 17.3. The van der Waals surface area contributed by atoms with Crippen LogP contribution >= 0.6 is 11.8 Å². The molecule has 1 aliphatic heterocycles. The van der Waals surface area contributed by atoms with Crippen LogP contribution < -0.4 is 4.90 Å². The lowest BCUT2D eigenvalue weighted by atomic mass is 10.2. The van der Waals surface area contributed by atoms with Crippen LogP contribution in [0, 0.1) is 13.8 Å². The van der Waals surface area contributed by atoms with Crippen molar-refractivity contribution in [2.45, 2.75) is 25.3 Å². The lowest BCUT2D eigenvalue weighted by Crippen LogP contribution is -2.39. The largest absolute Gasteiger partial charge is 0.459 e. The first-order valence-corrected chi connectivity index (χ1v) is 10.3. The molecule has 0 saturated heterocycles. The van der Waals surface area contributed by atoms with Gasteiger partial charge in [-0.3, -0.25) is 14.5 Å².